The fourth-order valence-corrected chi connectivity index (χ4v) is 5.66. The standard InChI is InChI=1S/C32H29N3O3S/c1-32(2,3)22-15-21(16-24-10-7-13-39-24)30-26(17-22)29(25-11-4-5-12-27(25)35-30)31(37)38-19-28(36)34-23-9-6-8-20(14-23)18-33/h4-14,16,22H,15,17,19H2,1-3H3,(H,34,36)/b21-16-. The van der Waals surface area contributed by atoms with Crippen LogP contribution in [0.3, 0.4) is 0 Å². The van der Waals surface area contributed by atoms with Gasteiger partial charge in [-0.25, -0.2) is 9.78 Å². The predicted octanol–water partition coefficient (Wildman–Crippen LogP) is 7.11. The summed E-state index contributed by atoms with van der Waals surface area (Å²) in [4.78, 5) is 32.5. The number of hydrogen-bond donors (Lipinski definition) is 1. The minimum atomic E-state index is -0.546. The number of carbonyl (C=O) groups is 2. The normalized spacial score (nSPS) is 15.9. The first-order chi connectivity index (χ1) is 18.7. The summed E-state index contributed by atoms with van der Waals surface area (Å²) in [5, 5.41) is 14.6. The number of esters is 1. The van der Waals surface area contributed by atoms with E-state index in [1.807, 2.05) is 36.4 Å². The molecule has 6 nitrogen and oxygen atoms in total. The van der Waals surface area contributed by atoms with E-state index in [1.54, 1.807) is 35.6 Å². The first-order valence-electron chi connectivity index (χ1n) is 12.9. The molecule has 1 amide bonds. The van der Waals surface area contributed by atoms with Gasteiger partial charge in [0.1, 0.15) is 0 Å². The molecule has 1 aliphatic carbocycles. The molecule has 1 atom stereocenters. The second-order valence-electron chi connectivity index (χ2n) is 10.8. The highest BCUT2D eigenvalue weighted by molar-refractivity contribution is 7.10. The van der Waals surface area contributed by atoms with Crippen LogP contribution in [0, 0.1) is 22.7 Å². The average Bonchev–Trinajstić information content (AvgIpc) is 3.43. The van der Waals surface area contributed by atoms with E-state index >= 15 is 0 Å². The Labute approximate surface area is 232 Å². The molecular formula is C32H29N3O3S. The zero-order valence-corrected chi connectivity index (χ0v) is 23.0. The summed E-state index contributed by atoms with van der Waals surface area (Å²) < 4.78 is 5.59. The lowest BCUT2D eigenvalue weighted by atomic mass is 9.69. The Bertz CT molecular complexity index is 1620. The van der Waals surface area contributed by atoms with Gasteiger partial charge < -0.3 is 10.1 Å². The Kier molecular flexibility index (Phi) is 7.32. The Hall–Kier alpha value is -4.28. The second kappa shape index (κ2) is 10.8. The molecule has 2 heterocycles. The number of allylic oxidation sites excluding steroid dienone is 1. The number of amides is 1. The highest BCUT2D eigenvalue weighted by Gasteiger charge is 2.35. The maximum Gasteiger partial charge on any atom is 0.339 e. The van der Waals surface area contributed by atoms with Gasteiger partial charge in [0.25, 0.3) is 5.91 Å². The second-order valence-corrected chi connectivity index (χ2v) is 11.8. The number of carbonyl (C=O) groups excluding carboxylic acids is 2. The number of hydrogen-bond acceptors (Lipinski definition) is 6. The smallest absolute Gasteiger partial charge is 0.339 e. The number of nitrogens with one attached hydrogen (secondary N) is 1. The quantitative estimate of drug-likeness (QED) is 0.275. The van der Waals surface area contributed by atoms with E-state index in [4.69, 9.17) is 15.0 Å². The highest BCUT2D eigenvalue weighted by Crippen LogP contribution is 2.45. The minimum Gasteiger partial charge on any atom is -0.452 e. The van der Waals surface area contributed by atoms with Gasteiger partial charge >= 0.3 is 5.97 Å². The van der Waals surface area contributed by atoms with Gasteiger partial charge in [0.15, 0.2) is 6.61 Å². The van der Waals surface area contributed by atoms with Crippen molar-refractivity contribution in [2.45, 2.75) is 33.6 Å². The number of thiophene rings is 1. The maximum absolute atomic E-state index is 13.7. The van der Waals surface area contributed by atoms with Crippen molar-refractivity contribution < 1.29 is 14.3 Å². The first kappa shape index (κ1) is 26.3. The van der Waals surface area contributed by atoms with Crippen molar-refractivity contribution in [3.63, 3.8) is 0 Å². The SMILES string of the molecule is CC(C)(C)C1C/C(=C/c2cccs2)c2nc3ccccc3c(C(=O)OCC(=O)Nc3cccc(C#N)c3)c2C1. The van der Waals surface area contributed by atoms with Crippen LogP contribution < -0.4 is 5.32 Å². The predicted molar refractivity (Wildman–Crippen MR) is 155 cm³/mol. The Balaban J connectivity index is 1.51. The molecular weight excluding hydrogens is 506 g/mol. The van der Waals surface area contributed by atoms with Gasteiger partial charge in [0, 0.05) is 16.0 Å². The molecule has 196 valence electrons. The molecule has 0 aliphatic heterocycles. The molecule has 5 rings (SSSR count). The molecule has 1 unspecified atom stereocenters. The van der Waals surface area contributed by atoms with Gasteiger partial charge in [-0.1, -0.05) is 51.1 Å². The molecule has 1 aliphatic rings. The number of benzene rings is 2. The third-order valence-corrected chi connectivity index (χ3v) is 7.93. The van der Waals surface area contributed by atoms with E-state index in [-0.39, 0.29) is 5.41 Å². The van der Waals surface area contributed by atoms with Crippen LogP contribution in [-0.2, 0) is 16.0 Å². The van der Waals surface area contributed by atoms with Crippen molar-refractivity contribution in [3.8, 4) is 6.07 Å². The Morgan fingerprint density at radius 3 is 2.69 bits per heavy atom. The molecule has 0 spiro atoms. The third-order valence-electron chi connectivity index (χ3n) is 7.11. The zero-order valence-electron chi connectivity index (χ0n) is 22.2. The number of para-hydroxylation sites is 1. The summed E-state index contributed by atoms with van der Waals surface area (Å²) in [5.74, 6) is -0.728. The van der Waals surface area contributed by atoms with Crippen LogP contribution in [-0.4, -0.2) is 23.5 Å². The maximum atomic E-state index is 13.7. The number of pyridine rings is 1. The molecule has 0 fully saturated rings. The lowest BCUT2D eigenvalue weighted by Crippen LogP contribution is -2.29. The lowest BCUT2D eigenvalue weighted by Gasteiger charge is -2.36. The lowest BCUT2D eigenvalue weighted by molar-refractivity contribution is -0.119. The van der Waals surface area contributed by atoms with Crippen LogP contribution in [0.1, 0.15) is 59.2 Å². The van der Waals surface area contributed by atoms with Gasteiger partial charge in [-0.3, -0.25) is 4.79 Å². The molecule has 0 radical (unpaired) electrons. The van der Waals surface area contributed by atoms with E-state index in [0.717, 1.165) is 28.1 Å². The summed E-state index contributed by atoms with van der Waals surface area (Å²) in [6.07, 6.45) is 3.73. The first-order valence-corrected chi connectivity index (χ1v) is 13.7. The van der Waals surface area contributed by atoms with Crippen LogP contribution >= 0.6 is 11.3 Å². The largest absolute Gasteiger partial charge is 0.452 e. The zero-order chi connectivity index (χ0) is 27.6. The van der Waals surface area contributed by atoms with Gasteiger partial charge in [-0.05, 0) is 77.1 Å². The van der Waals surface area contributed by atoms with E-state index in [9.17, 15) is 9.59 Å². The fraction of sp³-hybridized carbons (Fsp3) is 0.250. The average molecular weight is 536 g/mol. The van der Waals surface area contributed by atoms with Crippen LogP contribution in [0.15, 0.2) is 66.0 Å². The summed E-state index contributed by atoms with van der Waals surface area (Å²) in [6.45, 7) is 6.23. The third kappa shape index (κ3) is 5.76. The van der Waals surface area contributed by atoms with Crippen molar-refractivity contribution in [1.82, 2.24) is 4.98 Å². The van der Waals surface area contributed by atoms with Crippen molar-refractivity contribution >= 4 is 51.5 Å². The van der Waals surface area contributed by atoms with E-state index < -0.39 is 18.5 Å². The number of anilines is 1. The summed E-state index contributed by atoms with van der Waals surface area (Å²) >= 11 is 1.67. The summed E-state index contributed by atoms with van der Waals surface area (Å²) in [7, 11) is 0. The Morgan fingerprint density at radius 2 is 1.95 bits per heavy atom. The summed E-state index contributed by atoms with van der Waals surface area (Å²) in [6, 6.07) is 20.3. The molecule has 2 aromatic carbocycles. The Morgan fingerprint density at radius 1 is 1.13 bits per heavy atom. The van der Waals surface area contributed by atoms with Crippen LogP contribution in [0.5, 0.6) is 0 Å². The molecule has 0 saturated heterocycles. The van der Waals surface area contributed by atoms with Crippen LogP contribution in [0.25, 0.3) is 22.6 Å². The van der Waals surface area contributed by atoms with Crippen molar-refractivity contribution in [1.29, 1.82) is 5.26 Å². The molecule has 7 heteroatoms. The van der Waals surface area contributed by atoms with Crippen molar-refractivity contribution in [3.05, 3.63) is 93.3 Å². The fourth-order valence-electron chi connectivity index (χ4n) is 4.98. The van der Waals surface area contributed by atoms with Crippen LogP contribution in [0.2, 0.25) is 0 Å². The molecule has 1 N–H and O–H groups in total. The molecule has 0 bridgehead atoms. The van der Waals surface area contributed by atoms with Gasteiger partial charge in [-0.2, -0.15) is 5.26 Å². The monoisotopic (exact) mass is 535 g/mol. The number of nitriles is 1. The van der Waals surface area contributed by atoms with E-state index in [0.29, 0.717) is 40.1 Å². The summed E-state index contributed by atoms with van der Waals surface area (Å²) in [5.41, 5.74) is 4.90. The van der Waals surface area contributed by atoms with Gasteiger partial charge in [0.05, 0.1) is 28.4 Å². The van der Waals surface area contributed by atoms with Crippen molar-refractivity contribution in [2.75, 3.05) is 11.9 Å². The van der Waals surface area contributed by atoms with E-state index in [2.05, 4.69) is 43.6 Å². The number of aromatic nitrogens is 1. The topological polar surface area (TPSA) is 92.1 Å². The van der Waals surface area contributed by atoms with E-state index in [1.165, 1.54) is 0 Å². The van der Waals surface area contributed by atoms with Crippen LogP contribution in [0.4, 0.5) is 5.69 Å². The number of fused-ring (bicyclic) bond motifs is 2. The molecule has 0 saturated carbocycles. The molecule has 2 aromatic heterocycles. The molecule has 4 aromatic rings. The number of rotatable bonds is 5. The molecule has 39 heavy (non-hydrogen) atoms. The van der Waals surface area contributed by atoms with Crippen molar-refractivity contribution in [2.24, 2.45) is 11.3 Å². The van der Waals surface area contributed by atoms with Gasteiger partial charge in [-0.15, -0.1) is 11.3 Å². The van der Waals surface area contributed by atoms with Gasteiger partial charge in [0.2, 0.25) is 0 Å². The highest BCUT2D eigenvalue weighted by atomic mass is 32.1. The number of ether oxygens (including phenoxy) is 1. The minimum absolute atomic E-state index is 0.0108. The number of nitrogens with zero attached hydrogens (tertiary/aromatic N) is 2.